The summed E-state index contributed by atoms with van der Waals surface area (Å²) in [5.74, 6) is -4.12. The van der Waals surface area contributed by atoms with E-state index in [2.05, 4.69) is 0 Å². The minimum Gasteiger partial charge on any atom is -0.456 e. The number of fused-ring (bicyclic) bond motifs is 6. The molecule has 0 unspecified atom stereocenters. The minimum absolute atomic E-state index is 0.000334. The molecule has 3 aliphatic rings. The third kappa shape index (κ3) is 4.12. The topological polar surface area (TPSA) is 143 Å². The molecule has 3 heterocycles. The second-order valence-electron chi connectivity index (χ2n) is 9.61. The van der Waals surface area contributed by atoms with Crippen molar-refractivity contribution in [2.75, 3.05) is 0 Å². The molecule has 6 rings (SSSR count). The predicted octanol–water partition coefficient (Wildman–Crippen LogP) is 4.70. The molecule has 0 saturated carbocycles. The summed E-state index contributed by atoms with van der Waals surface area (Å²) in [6, 6.07) is 9.58. The molecule has 3 aromatic carbocycles. The van der Waals surface area contributed by atoms with E-state index in [0.717, 1.165) is 0 Å². The van der Waals surface area contributed by atoms with Crippen LogP contribution in [0.1, 0.15) is 64.1 Å². The highest BCUT2D eigenvalue weighted by atomic mass is 35.5. The molecule has 42 heavy (non-hydrogen) atoms. The fraction of sp³-hybridized carbons (Fsp3) is 0.172. The van der Waals surface area contributed by atoms with Gasteiger partial charge in [-0.1, -0.05) is 29.3 Å². The van der Waals surface area contributed by atoms with E-state index in [1.54, 1.807) is 0 Å². The van der Waals surface area contributed by atoms with E-state index in [9.17, 15) is 28.8 Å². The van der Waals surface area contributed by atoms with Gasteiger partial charge in [0, 0.05) is 61.1 Å². The zero-order valence-electron chi connectivity index (χ0n) is 21.7. The van der Waals surface area contributed by atoms with Gasteiger partial charge in [-0.3, -0.25) is 24.0 Å². The van der Waals surface area contributed by atoms with Crippen LogP contribution in [0.15, 0.2) is 42.5 Å². The maximum Gasteiger partial charge on any atom is 0.340 e. The Morgan fingerprint density at radius 3 is 1.81 bits per heavy atom. The van der Waals surface area contributed by atoms with Crippen molar-refractivity contribution in [3.8, 4) is 23.0 Å². The summed E-state index contributed by atoms with van der Waals surface area (Å²) in [5, 5.41) is 0.000667. The summed E-state index contributed by atoms with van der Waals surface area (Å²) in [5.41, 5.74) is -1.09. The van der Waals surface area contributed by atoms with Crippen molar-refractivity contribution < 1.29 is 47.7 Å². The van der Waals surface area contributed by atoms with Gasteiger partial charge in [-0.2, -0.15) is 0 Å². The Balaban J connectivity index is 1.57. The first-order valence-corrected chi connectivity index (χ1v) is 13.2. The molecule has 0 atom stereocenters. The highest BCUT2D eigenvalue weighted by Gasteiger charge is 2.54. The van der Waals surface area contributed by atoms with Crippen LogP contribution in [0.3, 0.4) is 0 Å². The Morgan fingerprint density at radius 1 is 0.786 bits per heavy atom. The Labute approximate surface area is 246 Å². The predicted molar refractivity (Wildman–Crippen MR) is 143 cm³/mol. The number of benzene rings is 3. The number of esters is 3. The average molecular weight is 610 g/mol. The normalized spacial score (nSPS) is 15.9. The average Bonchev–Trinajstić information content (AvgIpc) is 3.41. The van der Waals surface area contributed by atoms with Crippen LogP contribution in [0.4, 0.5) is 0 Å². The smallest absolute Gasteiger partial charge is 0.340 e. The molecule has 11 nitrogen and oxygen atoms in total. The Hall–Kier alpha value is -4.74. The van der Waals surface area contributed by atoms with Crippen LogP contribution in [0, 0.1) is 0 Å². The summed E-state index contributed by atoms with van der Waals surface area (Å²) < 4.78 is 22.5. The van der Waals surface area contributed by atoms with E-state index in [1.165, 1.54) is 56.3 Å². The molecule has 0 aliphatic carbocycles. The molecule has 0 bridgehead atoms. The third-order valence-corrected chi connectivity index (χ3v) is 7.51. The monoisotopic (exact) mass is 609 g/mol. The molecular weight excluding hydrogens is 593 g/mol. The molecule has 1 spiro atoms. The van der Waals surface area contributed by atoms with Gasteiger partial charge in [0.2, 0.25) is 11.8 Å². The summed E-state index contributed by atoms with van der Waals surface area (Å²) in [6.07, 6.45) is -0.166. The van der Waals surface area contributed by atoms with Crippen molar-refractivity contribution in [3.63, 3.8) is 0 Å². The first kappa shape index (κ1) is 27.4. The quantitative estimate of drug-likeness (QED) is 0.233. The van der Waals surface area contributed by atoms with Crippen molar-refractivity contribution in [3.05, 3.63) is 80.3 Å². The first-order valence-electron chi connectivity index (χ1n) is 12.4. The Kier molecular flexibility index (Phi) is 6.32. The molecule has 3 aromatic rings. The molecule has 3 aliphatic heterocycles. The van der Waals surface area contributed by atoms with Gasteiger partial charge in [0.25, 0.3) is 5.91 Å². The highest BCUT2D eigenvalue weighted by molar-refractivity contribution is 6.33. The molecule has 1 saturated heterocycles. The second-order valence-corrected chi connectivity index (χ2v) is 10.4. The molecule has 0 N–H and O–H groups in total. The summed E-state index contributed by atoms with van der Waals surface area (Å²) in [7, 11) is 0. The van der Waals surface area contributed by atoms with E-state index in [1.807, 2.05) is 0 Å². The lowest BCUT2D eigenvalue weighted by Gasteiger charge is -2.37. The summed E-state index contributed by atoms with van der Waals surface area (Å²) in [6.45, 7) is 2.38. The summed E-state index contributed by atoms with van der Waals surface area (Å²) >= 11 is 12.9. The van der Waals surface area contributed by atoms with Gasteiger partial charge in [-0.05, 0) is 24.3 Å². The molecule has 13 heteroatoms. The standard InChI is InChI=1S/C29H17Cl2NO10/c1-12(33)39-23-10-21-17(8-19(23)30)29(18-9-20(31)24(40-13(2)34)11-22(18)41-21)16-4-3-14(7-15(16)28(38)42-29)27(37)32-25(35)5-6-26(32)36/h3-4,7-11H,5-6H2,1-2H3. The SMILES string of the molecule is CC(=O)Oc1cc2c(cc1Cl)C1(OC(=O)c3cc(C(=O)N4C(=O)CCC4=O)ccc31)c1cc(Cl)c(OC(C)=O)cc1O2. The van der Waals surface area contributed by atoms with E-state index >= 15 is 0 Å². The fourth-order valence-electron chi connectivity index (χ4n) is 5.25. The lowest BCUT2D eigenvalue weighted by atomic mass is 9.77. The van der Waals surface area contributed by atoms with Gasteiger partial charge >= 0.3 is 17.9 Å². The van der Waals surface area contributed by atoms with Crippen molar-refractivity contribution in [1.29, 1.82) is 0 Å². The minimum atomic E-state index is -1.73. The molecule has 1 fully saturated rings. The number of rotatable bonds is 3. The van der Waals surface area contributed by atoms with E-state index in [-0.39, 0.29) is 73.7 Å². The van der Waals surface area contributed by atoms with Crippen molar-refractivity contribution in [2.45, 2.75) is 32.3 Å². The van der Waals surface area contributed by atoms with Gasteiger partial charge < -0.3 is 18.9 Å². The van der Waals surface area contributed by atoms with Crippen LogP contribution in [-0.4, -0.2) is 40.5 Å². The third-order valence-electron chi connectivity index (χ3n) is 6.92. The molecule has 3 amide bonds. The van der Waals surface area contributed by atoms with Crippen LogP contribution in [0.2, 0.25) is 10.0 Å². The van der Waals surface area contributed by atoms with Gasteiger partial charge in [-0.25, -0.2) is 9.69 Å². The zero-order valence-corrected chi connectivity index (χ0v) is 23.3. The number of likely N-dealkylation sites (tertiary alicyclic amines) is 1. The molecular formula is C29H17Cl2NO10. The van der Waals surface area contributed by atoms with E-state index in [4.69, 9.17) is 42.1 Å². The largest absolute Gasteiger partial charge is 0.456 e. The highest BCUT2D eigenvalue weighted by Crippen LogP contribution is 2.58. The Bertz CT molecular complexity index is 1730. The second kappa shape index (κ2) is 9.68. The number of imide groups is 3. The number of amides is 3. The molecule has 0 aromatic heterocycles. The van der Waals surface area contributed by atoms with E-state index in [0.29, 0.717) is 4.90 Å². The van der Waals surface area contributed by atoms with Crippen molar-refractivity contribution in [1.82, 2.24) is 4.90 Å². The number of carbonyl (C=O) groups is 6. The molecule has 212 valence electrons. The maximum atomic E-state index is 13.5. The number of carbonyl (C=O) groups excluding carboxylic acids is 6. The fourth-order valence-corrected chi connectivity index (χ4v) is 5.66. The first-order chi connectivity index (χ1) is 19.9. The van der Waals surface area contributed by atoms with Crippen LogP contribution >= 0.6 is 23.2 Å². The van der Waals surface area contributed by atoms with Gasteiger partial charge in [0.05, 0.1) is 15.6 Å². The van der Waals surface area contributed by atoms with Crippen LogP contribution in [0.25, 0.3) is 0 Å². The number of nitrogens with zero attached hydrogens (tertiary/aromatic N) is 1. The number of ether oxygens (including phenoxy) is 4. The van der Waals surface area contributed by atoms with E-state index < -0.39 is 41.2 Å². The van der Waals surface area contributed by atoms with Crippen molar-refractivity contribution >= 4 is 58.8 Å². The van der Waals surface area contributed by atoms with Crippen LogP contribution in [0.5, 0.6) is 23.0 Å². The van der Waals surface area contributed by atoms with Crippen LogP contribution < -0.4 is 14.2 Å². The van der Waals surface area contributed by atoms with Gasteiger partial charge in [-0.15, -0.1) is 0 Å². The van der Waals surface area contributed by atoms with Crippen LogP contribution in [-0.2, 0) is 29.5 Å². The van der Waals surface area contributed by atoms with Crippen molar-refractivity contribution in [2.24, 2.45) is 0 Å². The Morgan fingerprint density at radius 2 is 1.31 bits per heavy atom. The number of hydrogen-bond acceptors (Lipinski definition) is 10. The lowest BCUT2D eigenvalue weighted by molar-refractivity contribution is -0.135. The number of halogens is 2. The molecule has 0 radical (unpaired) electrons. The van der Waals surface area contributed by atoms with Gasteiger partial charge in [0.1, 0.15) is 11.5 Å². The van der Waals surface area contributed by atoms with Gasteiger partial charge in [0.15, 0.2) is 17.1 Å². The lowest BCUT2D eigenvalue weighted by Crippen LogP contribution is -2.35. The summed E-state index contributed by atoms with van der Waals surface area (Å²) in [4.78, 5) is 74.7. The number of hydrogen-bond donors (Lipinski definition) is 0. The zero-order chi connectivity index (χ0) is 30.1. The maximum absolute atomic E-state index is 13.5.